The zero-order chi connectivity index (χ0) is 24.5. The zero-order valence-corrected chi connectivity index (χ0v) is 18.7. The van der Waals surface area contributed by atoms with Crippen LogP contribution in [0.15, 0.2) is 48.5 Å². The predicted molar refractivity (Wildman–Crippen MR) is 120 cm³/mol. The van der Waals surface area contributed by atoms with E-state index in [4.69, 9.17) is 9.84 Å². The molecule has 34 heavy (non-hydrogen) atoms. The number of aliphatic carboxylic acids is 1. The van der Waals surface area contributed by atoms with Crippen LogP contribution in [0.3, 0.4) is 0 Å². The van der Waals surface area contributed by atoms with Crippen molar-refractivity contribution in [2.24, 2.45) is 11.8 Å². The molecular formula is C25H26F2N2O5. The maximum absolute atomic E-state index is 14.5. The van der Waals surface area contributed by atoms with E-state index in [0.29, 0.717) is 0 Å². The van der Waals surface area contributed by atoms with Gasteiger partial charge in [0.1, 0.15) is 6.61 Å². The Kier molecular flexibility index (Phi) is 6.54. The SMILES string of the molecule is CC1CN(C(=O)C(F)(F)CNC(=O)OCC2c3ccccc3-c3ccccc32)CCC1C(=O)O. The summed E-state index contributed by atoms with van der Waals surface area (Å²) >= 11 is 0. The number of nitrogens with one attached hydrogen (secondary N) is 1. The molecule has 0 radical (unpaired) electrons. The van der Waals surface area contributed by atoms with Gasteiger partial charge in [0.15, 0.2) is 0 Å². The summed E-state index contributed by atoms with van der Waals surface area (Å²) in [7, 11) is 0. The van der Waals surface area contributed by atoms with Gasteiger partial charge in [0.25, 0.3) is 5.91 Å². The smallest absolute Gasteiger partial charge is 0.407 e. The Balaban J connectivity index is 1.32. The average molecular weight is 472 g/mol. The first-order chi connectivity index (χ1) is 16.2. The molecular weight excluding hydrogens is 446 g/mol. The molecule has 180 valence electrons. The number of likely N-dealkylation sites (tertiary alicyclic amines) is 1. The molecule has 0 bridgehead atoms. The van der Waals surface area contributed by atoms with E-state index in [1.807, 2.05) is 53.8 Å². The summed E-state index contributed by atoms with van der Waals surface area (Å²) in [6.45, 7) is 0.248. The number of carbonyl (C=O) groups excluding carboxylic acids is 2. The summed E-state index contributed by atoms with van der Waals surface area (Å²) in [5.74, 6) is -7.58. The second-order valence-corrected chi connectivity index (χ2v) is 8.85. The fourth-order valence-corrected chi connectivity index (χ4v) is 4.84. The Labute approximate surface area is 195 Å². The van der Waals surface area contributed by atoms with E-state index in [-0.39, 0.29) is 32.0 Å². The highest BCUT2D eigenvalue weighted by Gasteiger charge is 2.45. The van der Waals surface area contributed by atoms with Gasteiger partial charge >= 0.3 is 18.0 Å². The fraction of sp³-hybridized carbons (Fsp3) is 0.400. The number of rotatable bonds is 6. The van der Waals surface area contributed by atoms with E-state index in [9.17, 15) is 23.2 Å². The second kappa shape index (κ2) is 9.40. The molecule has 1 aliphatic heterocycles. The minimum Gasteiger partial charge on any atom is -0.481 e. The number of nitrogens with zero attached hydrogens (tertiary/aromatic N) is 1. The molecule has 9 heteroatoms. The molecule has 0 saturated carbocycles. The van der Waals surface area contributed by atoms with E-state index >= 15 is 0 Å². The molecule has 2 N–H and O–H groups in total. The van der Waals surface area contributed by atoms with E-state index in [1.54, 1.807) is 6.92 Å². The van der Waals surface area contributed by atoms with E-state index < -0.39 is 42.3 Å². The number of hydrogen-bond acceptors (Lipinski definition) is 4. The minimum absolute atomic E-state index is 0.0282. The molecule has 1 aliphatic carbocycles. The molecule has 2 aromatic rings. The summed E-state index contributed by atoms with van der Waals surface area (Å²) in [4.78, 5) is 36.7. The van der Waals surface area contributed by atoms with Crippen molar-refractivity contribution in [1.82, 2.24) is 10.2 Å². The third-order valence-electron chi connectivity index (χ3n) is 6.62. The van der Waals surface area contributed by atoms with Crippen LogP contribution >= 0.6 is 0 Å². The number of ether oxygens (including phenoxy) is 1. The number of alkyl carbamates (subject to hydrolysis) is 1. The molecule has 2 aromatic carbocycles. The van der Waals surface area contributed by atoms with Gasteiger partial charge in [-0.3, -0.25) is 9.59 Å². The van der Waals surface area contributed by atoms with Crippen molar-refractivity contribution in [2.75, 3.05) is 26.2 Å². The van der Waals surface area contributed by atoms with Crippen LogP contribution in [0.4, 0.5) is 13.6 Å². The first-order valence-electron chi connectivity index (χ1n) is 11.2. The molecule has 2 unspecified atom stereocenters. The molecule has 2 aliphatic rings. The zero-order valence-electron chi connectivity index (χ0n) is 18.7. The lowest BCUT2D eigenvalue weighted by Crippen LogP contribution is -2.54. The Morgan fingerprint density at radius 2 is 1.68 bits per heavy atom. The van der Waals surface area contributed by atoms with Gasteiger partial charge in [0.2, 0.25) is 0 Å². The molecule has 1 saturated heterocycles. The van der Waals surface area contributed by atoms with Crippen molar-refractivity contribution in [3.05, 3.63) is 59.7 Å². The van der Waals surface area contributed by atoms with Crippen LogP contribution in [0.5, 0.6) is 0 Å². The third kappa shape index (κ3) is 4.60. The van der Waals surface area contributed by atoms with Gasteiger partial charge in [0.05, 0.1) is 12.5 Å². The number of carboxylic acid groups (broad SMARTS) is 1. The Morgan fingerprint density at radius 3 is 2.24 bits per heavy atom. The number of carbonyl (C=O) groups is 3. The Morgan fingerprint density at radius 1 is 1.09 bits per heavy atom. The van der Waals surface area contributed by atoms with E-state index in [1.165, 1.54) is 0 Å². The summed E-state index contributed by atoms with van der Waals surface area (Å²) in [5.41, 5.74) is 4.09. The summed E-state index contributed by atoms with van der Waals surface area (Å²) < 4.78 is 34.2. The lowest BCUT2D eigenvalue weighted by Gasteiger charge is -2.36. The van der Waals surface area contributed by atoms with Crippen LogP contribution in [0.1, 0.15) is 30.4 Å². The number of piperidine rings is 1. The maximum Gasteiger partial charge on any atom is 0.407 e. The van der Waals surface area contributed by atoms with Gasteiger partial charge in [-0.25, -0.2) is 4.79 Å². The molecule has 4 rings (SSSR count). The van der Waals surface area contributed by atoms with Gasteiger partial charge in [-0.2, -0.15) is 8.78 Å². The summed E-state index contributed by atoms with van der Waals surface area (Å²) in [5, 5.41) is 11.2. The van der Waals surface area contributed by atoms with Gasteiger partial charge < -0.3 is 20.1 Å². The Hall–Kier alpha value is -3.49. The molecule has 2 atom stereocenters. The van der Waals surface area contributed by atoms with Crippen molar-refractivity contribution in [3.63, 3.8) is 0 Å². The number of amides is 2. The second-order valence-electron chi connectivity index (χ2n) is 8.85. The highest BCUT2D eigenvalue weighted by Crippen LogP contribution is 2.44. The van der Waals surface area contributed by atoms with Crippen molar-refractivity contribution in [1.29, 1.82) is 0 Å². The maximum atomic E-state index is 14.5. The van der Waals surface area contributed by atoms with E-state index in [2.05, 4.69) is 0 Å². The lowest BCUT2D eigenvalue weighted by atomic mass is 9.87. The predicted octanol–water partition coefficient (Wildman–Crippen LogP) is 3.73. The van der Waals surface area contributed by atoms with Gasteiger partial charge in [-0.15, -0.1) is 0 Å². The third-order valence-corrected chi connectivity index (χ3v) is 6.62. The molecule has 7 nitrogen and oxygen atoms in total. The number of fused-ring (bicyclic) bond motifs is 3. The number of alkyl halides is 2. The topological polar surface area (TPSA) is 95.9 Å². The molecule has 0 spiro atoms. The van der Waals surface area contributed by atoms with Gasteiger partial charge in [0, 0.05) is 19.0 Å². The van der Waals surface area contributed by atoms with Crippen molar-refractivity contribution < 1.29 is 33.0 Å². The largest absolute Gasteiger partial charge is 0.481 e. The van der Waals surface area contributed by atoms with Crippen molar-refractivity contribution in [3.8, 4) is 11.1 Å². The van der Waals surface area contributed by atoms with Crippen LogP contribution in [0.25, 0.3) is 11.1 Å². The summed E-state index contributed by atoms with van der Waals surface area (Å²) in [6.07, 6.45) is -0.926. The first kappa shape index (κ1) is 23.7. The lowest BCUT2D eigenvalue weighted by molar-refractivity contribution is -0.161. The molecule has 1 heterocycles. The van der Waals surface area contributed by atoms with Crippen LogP contribution in [0.2, 0.25) is 0 Å². The molecule has 2 amide bonds. The number of carboxylic acids is 1. The number of halogens is 2. The van der Waals surface area contributed by atoms with Crippen molar-refractivity contribution >= 4 is 18.0 Å². The minimum atomic E-state index is -3.83. The van der Waals surface area contributed by atoms with E-state index in [0.717, 1.165) is 27.2 Å². The molecule has 0 aromatic heterocycles. The van der Waals surface area contributed by atoms with Crippen LogP contribution in [0, 0.1) is 11.8 Å². The average Bonchev–Trinajstić information content (AvgIpc) is 3.14. The van der Waals surface area contributed by atoms with Crippen LogP contribution < -0.4 is 5.32 Å². The van der Waals surface area contributed by atoms with Crippen LogP contribution in [-0.2, 0) is 14.3 Å². The summed E-state index contributed by atoms with van der Waals surface area (Å²) in [6, 6.07) is 15.5. The van der Waals surface area contributed by atoms with Gasteiger partial charge in [-0.1, -0.05) is 55.5 Å². The first-order valence-corrected chi connectivity index (χ1v) is 11.2. The fourth-order valence-electron chi connectivity index (χ4n) is 4.84. The number of benzene rings is 2. The number of hydrogen-bond donors (Lipinski definition) is 2. The van der Waals surface area contributed by atoms with Gasteiger partial charge in [-0.05, 0) is 34.6 Å². The highest BCUT2D eigenvalue weighted by molar-refractivity contribution is 5.85. The van der Waals surface area contributed by atoms with Crippen molar-refractivity contribution in [2.45, 2.75) is 25.2 Å². The normalized spacial score (nSPS) is 19.8. The quantitative estimate of drug-likeness (QED) is 0.668. The van der Waals surface area contributed by atoms with Crippen LogP contribution in [-0.4, -0.2) is 60.1 Å². The highest BCUT2D eigenvalue weighted by atomic mass is 19.3. The Bertz CT molecular complexity index is 1060. The standard InChI is InChI=1S/C25H26F2N2O5/c1-15-12-29(11-10-16(15)22(30)31)23(32)25(26,27)14-28-24(33)34-13-21-19-8-4-2-6-17(19)18-7-3-5-9-20(18)21/h2-9,15-16,21H,10-14H2,1H3,(H,28,33)(H,30,31). The monoisotopic (exact) mass is 472 g/mol. The molecule has 1 fully saturated rings.